The van der Waals surface area contributed by atoms with Crippen molar-refractivity contribution in [3.8, 4) is 0 Å². The van der Waals surface area contributed by atoms with E-state index in [4.69, 9.17) is 9.73 Å². The van der Waals surface area contributed by atoms with Crippen LogP contribution in [0.1, 0.15) is 34.6 Å². The van der Waals surface area contributed by atoms with Crippen LogP contribution < -0.4 is 10.6 Å². The van der Waals surface area contributed by atoms with Gasteiger partial charge in [0.25, 0.3) is 0 Å². The monoisotopic (exact) mass is 284 g/mol. The molecule has 0 atom stereocenters. The molecule has 1 rings (SSSR count). The highest BCUT2D eigenvalue weighted by atomic mass is 16.5. The van der Waals surface area contributed by atoms with E-state index < -0.39 is 0 Å². The summed E-state index contributed by atoms with van der Waals surface area (Å²) in [7, 11) is 0. The fourth-order valence-corrected chi connectivity index (χ4v) is 2.18. The molecule has 2 N–H and O–H groups in total. The van der Waals surface area contributed by atoms with Crippen LogP contribution in [-0.2, 0) is 4.74 Å². The Morgan fingerprint density at radius 3 is 2.45 bits per heavy atom. The maximum atomic E-state index is 5.42. The van der Waals surface area contributed by atoms with Crippen LogP contribution in [0.2, 0.25) is 0 Å². The molecule has 0 aromatic carbocycles. The van der Waals surface area contributed by atoms with Crippen molar-refractivity contribution >= 4 is 5.96 Å². The quantitative estimate of drug-likeness (QED) is 0.570. The standard InChI is InChI=1S/C15H32N4O/c1-6-16-14(17-11-13(2)3)18-12-15(4,5)19-7-9-20-10-8-19/h13H,6-12H2,1-5H3,(H2,16,17,18). The molecule has 0 bridgehead atoms. The minimum Gasteiger partial charge on any atom is -0.379 e. The van der Waals surface area contributed by atoms with Gasteiger partial charge >= 0.3 is 0 Å². The Kier molecular flexibility index (Phi) is 7.30. The molecule has 0 saturated carbocycles. The van der Waals surface area contributed by atoms with Crippen molar-refractivity contribution in [2.75, 3.05) is 45.9 Å². The van der Waals surface area contributed by atoms with Gasteiger partial charge < -0.3 is 15.4 Å². The summed E-state index contributed by atoms with van der Waals surface area (Å²) in [5, 5.41) is 6.70. The lowest BCUT2D eigenvalue weighted by molar-refractivity contribution is -0.00683. The van der Waals surface area contributed by atoms with Gasteiger partial charge in [0.05, 0.1) is 19.8 Å². The average molecular weight is 284 g/mol. The molecule has 0 aromatic rings. The van der Waals surface area contributed by atoms with Gasteiger partial charge in [-0.15, -0.1) is 0 Å². The predicted octanol–water partition coefficient (Wildman–Crippen LogP) is 1.31. The number of rotatable bonds is 6. The first-order valence-electron chi connectivity index (χ1n) is 7.80. The Morgan fingerprint density at radius 2 is 1.90 bits per heavy atom. The Labute approximate surface area is 124 Å². The van der Waals surface area contributed by atoms with Crippen molar-refractivity contribution in [1.82, 2.24) is 15.5 Å². The maximum Gasteiger partial charge on any atom is 0.191 e. The lowest BCUT2D eigenvalue weighted by Gasteiger charge is -2.39. The van der Waals surface area contributed by atoms with Crippen LogP contribution in [0.5, 0.6) is 0 Å². The van der Waals surface area contributed by atoms with Crippen molar-refractivity contribution in [3.05, 3.63) is 0 Å². The number of hydrogen-bond acceptors (Lipinski definition) is 3. The Bertz CT molecular complexity index is 296. The molecule has 1 heterocycles. The van der Waals surface area contributed by atoms with Crippen molar-refractivity contribution in [2.24, 2.45) is 10.9 Å². The third kappa shape index (κ3) is 6.09. The molecule has 0 amide bonds. The third-order valence-electron chi connectivity index (χ3n) is 3.51. The molecule has 1 aliphatic rings. The molecule has 20 heavy (non-hydrogen) atoms. The summed E-state index contributed by atoms with van der Waals surface area (Å²) in [6, 6.07) is 0. The first-order chi connectivity index (χ1) is 9.45. The molecule has 5 heteroatoms. The summed E-state index contributed by atoms with van der Waals surface area (Å²) in [4.78, 5) is 7.21. The molecular formula is C15H32N4O. The van der Waals surface area contributed by atoms with Gasteiger partial charge in [-0.05, 0) is 26.7 Å². The second-order valence-corrected chi connectivity index (χ2v) is 6.38. The smallest absolute Gasteiger partial charge is 0.191 e. The number of hydrogen-bond donors (Lipinski definition) is 2. The van der Waals surface area contributed by atoms with Crippen LogP contribution in [0.25, 0.3) is 0 Å². The molecule has 0 aromatic heterocycles. The highest BCUT2D eigenvalue weighted by molar-refractivity contribution is 5.79. The van der Waals surface area contributed by atoms with E-state index in [1.807, 2.05) is 0 Å². The number of aliphatic imine (C=N–C) groups is 1. The van der Waals surface area contributed by atoms with Crippen molar-refractivity contribution in [3.63, 3.8) is 0 Å². The molecule has 0 radical (unpaired) electrons. The van der Waals surface area contributed by atoms with Gasteiger partial charge in [-0.25, -0.2) is 0 Å². The first-order valence-corrected chi connectivity index (χ1v) is 7.80. The van der Waals surface area contributed by atoms with Crippen molar-refractivity contribution < 1.29 is 4.74 Å². The zero-order valence-corrected chi connectivity index (χ0v) is 13.8. The highest BCUT2D eigenvalue weighted by Gasteiger charge is 2.27. The zero-order valence-electron chi connectivity index (χ0n) is 13.8. The van der Waals surface area contributed by atoms with Crippen molar-refractivity contribution in [2.45, 2.75) is 40.2 Å². The van der Waals surface area contributed by atoms with Crippen molar-refractivity contribution in [1.29, 1.82) is 0 Å². The lowest BCUT2D eigenvalue weighted by atomic mass is 10.0. The van der Waals surface area contributed by atoms with Crippen LogP contribution in [0.4, 0.5) is 0 Å². The summed E-state index contributed by atoms with van der Waals surface area (Å²) in [6.45, 7) is 17.3. The summed E-state index contributed by atoms with van der Waals surface area (Å²) < 4.78 is 5.42. The van der Waals surface area contributed by atoms with Crippen LogP contribution in [0, 0.1) is 5.92 Å². The molecule has 0 aliphatic carbocycles. The van der Waals surface area contributed by atoms with E-state index in [9.17, 15) is 0 Å². The summed E-state index contributed by atoms with van der Waals surface area (Å²) in [5.74, 6) is 1.54. The Balaban J connectivity index is 2.54. The largest absolute Gasteiger partial charge is 0.379 e. The van der Waals surface area contributed by atoms with Gasteiger partial charge in [-0.2, -0.15) is 0 Å². The molecule has 1 aliphatic heterocycles. The number of nitrogens with one attached hydrogen (secondary N) is 2. The molecular weight excluding hydrogens is 252 g/mol. The molecule has 0 unspecified atom stereocenters. The Hall–Kier alpha value is -0.810. The van der Waals surface area contributed by atoms with E-state index >= 15 is 0 Å². The molecule has 118 valence electrons. The number of morpholine rings is 1. The van der Waals surface area contributed by atoms with Crippen LogP contribution in [0.15, 0.2) is 4.99 Å². The molecule has 1 fully saturated rings. The predicted molar refractivity (Wildman–Crippen MR) is 85.3 cm³/mol. The van der Waals surface area contributed by atoms with Gasteiger partial charge in [0.1, 0.15) is 0 Å². The van der Waals surface area contributed by atoms with Gasteiger partial charge in [-0.3, -0.25) is 9.89 Å². The summed E-state index contributed by atoms with van der Waals surface area (Å²) >= 11 is 0. The molecule has 5 nitrogen and oxygen atoms in total. The van der Waals surface area contributed by atoms with Gasteiger partial charge in [0.2, 0.25) is 0 Å². The van der Waals surface area contributed by atoms with E-state index in [0.29, 0.717) is 5.92 Å². The van der Waals surface area contributed by atoms with Crippen LogP contribution >= 0.6 is 0 Å². The highest BCUT2D eigenvalue weighted by Crippen LogP contribution is 2.16. The average Bonchev–Trinajstić information content (AvgIpc) is 2.43. The minimum atomic E-state index is 0.0734. The third-order valence-corrected chi connectivity index (χ3v) is 3.51. The van der Waals surface area contributed by atoms with E-state index in [-0.39, 0.29) is 5.54 Å². The zero-order chi connectivity index (χ0) is 15.0. The van der Waals surface area contributed by atoms with E-state index in [2.05, 4.69) is 50.2 Å². The normalized spacial score (nSPS) is 18.4. The van der Waals surface area contributed by atoms with Gasteiger partial charge in [0, 0.05) is 31.7 Å². The molecule has 1 saturated heterocycles. The van der Waals surface area contributed by atoms with Gasteiger partial charge in [-0.1, -0.05) is 13.8 Å². The first kappa shape index (κ1) is 17.2. The maximum absolute atomic E-state index is 5.42. The molecule has 0 spiro atoms. The fourth-order valence-electron chi connectivity index (χ4n) is 2.18. The van der Waals surface area contributed by atoms with E-state index in [0.717, 1.165) is 51.9 Å². The SMILES string of the molecule is CCNC(=NCC(C)(C)N1CCOCC1)NCC(C)C. The van der Waals surface area contributed by atoms with E-state index in [1.165, 1.54) is 0 Å². The number of ether oxygens (including phenoxy) is 1. The Morgan fingerprint density at radius 1 is 1.25 bits per heavy atom. The lowest BCUT2D eigenvalue weighted by Crippen LogP contribution is -2.52. The number of nitrogens with zero attached hydrogens (tertiary/aromatic N) is 2. The minimum absolute atomic E-state index is 0.0734. The fraction of sp³-hybridized carbons (Fsp3) is 0.933. The van der Waals surface area contributed by atoms with Gasteiger partial charge in [0.15, 0.2) is 5.96 Å². The second kappa shape index (κ2) is 8.47. The summed E-state index contributed by atoms with van der Waals surface area (Å²) in [6.07, 6.45) is 0. The van der Waals surface area contributed by atoms with Crippen LogP contribution in [0.3, 0.4) is 0 Å². The number of guanidine groups is 1. The topological polar surface area (TPSA) is 48.9 Å². The van der Waals surface area contributed by atoms with Crippen LogP contribution in [-0.4, -0.2) is 62.3 Å². The summed E-state index contributed by atoms with van der Waals surface area (Å²) in [5.41, 5.74) is 0.0734. The van der Waals surface area contributed by atoms with E-state index in [1.54, 1.807) is 0 Å². The second-order valence-electron chi connectivity index (χ2n) is 6.38.